The van der Waals surface area contributed by atoms with Gasteiger partial charge in [-0.3, -0.25) is 4.98 Å². The number of nitrogens with one attached hydrogen (secondary N) is 1. The number of aromatic nitrogens is 1. The van der Waals surface area contributed by atoms with Crippen LogP contribution in [0.1, 0.15) is 18.4 Å². The predicted molar refractivity (Wildman–Crippen MR) is 64.5 cm³/mol. The van der Waals surface area contributed by atoms with Crippen molar-refractivity contribution in [1.82, 2.24) is 10.3 Å². The van der Waals surface area contributed by atoms with Crippen molar-refractivity contribution in [3.63, 3.8) is 0 Å². The minimum Gasteiger partial charge on any atom is -0.381 e. The Hall–Kier alpha value is -0.640. The molecule has 1 fully saturated rings. The molecule has 0 radical (unpaired) electrons. The number of pyridine rings is 1. The van der Waals surface area contributed by atoms with Crippen LogP contribution in [0.15, 0.2) is 18.5 Å². The van der Waals surface area contributed by atoms with Crippen molar-refractivity contribution in [3.05, 3.63) is 29.0 Å². The van der Waals surface area contributed by atoms with E-state index in [0.717, 1.165) is 42.8 Å². The SMILES string of the molecule is Clc1cnccc1CNCCC1CCOC1. The predicted octanol–water partition coefficient (Wildman–Crippen LogP) is 2.25. The van der Waals surface area contributed by atoms with Crippen LogP contribution in [-0.4, -0.2) is 24.7 Å². The molecule has 2 heterocycles. The quantitative estimate of drug-likeness (QED) is 0.802. The lowest BCUT2D eigenvalue weighted by Crippen LogP contribution is -2.18. The molecule has 1 saturated heterocycles. The fraction of sp³-hybridized carbons (Fsp3) is 0.583. The Morgan fingerprint density at radius 2 is 2.50 bits per heavy atom. The summed E-state index contributed by atoms with van der Waals surface area (Å²) in [6.07, 6.45) is 5.84. The summed E-state index contributed by atoms with van der Waals surface area (Å²) in [5.41, 5.74) is 1.11. The first-order chi connectivity index (χ1) is 7.86. The van der Waals surface area contributed by atoms with Gasteiger partial charge < -0.3 is 10.1 Å². The van der Waals surface area contributed by atoms with E-state index in [2.05, 4.69) is 10.3 Å². The second-order valence-corrected chi connectivity index (χ2v) is 4.57. The maximum absolute atomic E-state index is 6.01. The molecular formula is C12H17ClN2O. The van der Waals surface area contributed by atoms with Crippen molar-refractivity contribution in [2.24, 2.45) is 5.92 Å². The maximum atomic E-state index is 6.01. The topological polar surface area (TPSA) is 34.2 Å². The molecule has 0 saturated carbocycles. The van der Waals surface area contributed by atoms with E-state index < -0.39 is 0 Å². The molecule has 1 aromatic rings. The molecule has 88 valence electrons. The zero-order valence-electron chi connectivity index (χ0n) is 9.29. The molecule has 2 rings (SSSR count). The van der Waals surface area contributed by atoms with Crippen molar-refractivity contribution in [1.29, 1.82) is 0 Å². The molecule has 1 N–H and O–H groups in total. The minimum atomic E-state index is 0.735. The van der Waals surface area contributed by atoms with Gasteiger partial charge in [0.2, 0.25) is 0 Å². The van der Waals surface area contributed by atoms with Gasteiger partial charge in [0.05, 0.1) is 5.02 Å². The molecule has 0 amide bonds. The zero-order valence-corrected chi connectivity index (χ0v) is 10.0. The zero-order chi connectivity index (χ0) is 11.2. The Kier molecular flexibility index (Phi) is 4.57. The van der Waals surface area contributed by atoms with Crippen LogP contribution in [0.4, 0.5) is 0 Å². The van der Waals surface area contributed by atoms with Gasteiger partial charge in [0.1, 0.15) is 0 Å². The number of nitrogens with zero attached hydrogens (tertiary/aromatic N) is 1. The molecule has 0 spiro atoms. The van der Waals surface area contributed by atoms with E-state index in [1.54, 1.807) is 12.4 Å². The molecule has 0 bridgehead atoms. The molecule has 1 unspecified atom stereocenters. The number of ether oxygens (including phenoxy) is 1. The van der Waals surface area contributed by atoms with Crippen molar-refractivity contribution in [2.75, 3.05) is 19.8 Å². The summed E-state index contributed by atoms with van der Waals surface area (Å²) >= 11 is 6.01. The fourth-order valence-corrected chi connectivity index (χ4v) is 2.07. The van der Waals surface area contributed by atoms with E-state index in [1.807, 2.05) is 6.07 Å². The third-order valence-electron chi connectivity index (χ3n) is 2.93. The van der Waals surface area contributed by atoms with Crippen molar-refractivity contribution < 1.29 is 4.74 Å². The molecule has 16 heavy (non-hydrogen) atoms. The number of rotatable bonds is 5. The average molecular weight is 241 g/mol. The van der Waals surface area contributed by atoms with Gasteiger partial charge >= 0.3 is 0 Å². The molecule has 1 aliphatic heterocycles. The molecule has 1 aliphatic rings. The fourth-order valence-electron chi connectivity index (χ4n) is 1.89. The summed E-state index contributed by atoms with van der Waals surface area (Å²) in [7, 11) is 0. The molecule has 1 atom stereocenters. The van der Waals surface area contributed by atoms with Crippen LogP contribution in [-0.2, 0) is 11.3 Å². The number of halogens is 1. The smallest absolute Gasteiger partial charge is 0.0634 e. The van der Waals surface area contributed by atoms with E-state index >= 15 is 0 Å². The van der Waals surface area contributed by atoms with E-state index in [1.165, 1.54) is 12.8 Å². The first-order valence-electron chi connectivity index (χ1n) is 5.73. The Bertz CT molecular complexity index is 327. The van der Waals surface area contributed by atoms with E-state index in [9.17, 15) is 0 Å². The van der Waals surface area contributed by atoms with Crippen LogP contribution in [0.3, 0.4) is 0 Å². The second kappa shape index (κ2) is 6.18. The van der Waals surface area contributed by atoms with Gasteiger partial charge in [0.25, 0.3) is 0 Å². The van der Waals surface area contributed by atoms with Crippen LogP contribution in [0.5, 0.6) is 0 Å². The summed E-state index contributed by atoms with van der Waals surface area (Å²) in [4.78, 5) is 3.96. The Balaban J connectivity index is 1.66. The molecule has 3 nitrogen and oxygen atoms in total. The first-order valence-corrected chi connectivity index (χ1v) is 6.11. The Morgan fingerprint density at radius 3 is 3.25 bits per heavy atom. The summed E-state index contributed by atoms with van der Waals surface area (Å²) < 4.78 is 5.33. The molecule has 4 heteroatoms. The van der Waals surface area contributed by atoms with E-state index in [4.69, 9.17) is 16.3 Å². The van der Waals surface area contributed by atoms with Crippen LogP contribution in [0.2, 0.25) is 5.02 Å². The molecule has 1 aromatic heterocycles. The highest BCUT2D eigenvalue weighted by molar-refractivity contribution is 6.31. The lowest BCUT2D eigenvalue weighted by atomic mass is 10.1. The monoisotopic (exact) mass is 240 g/mol. The standard InChI is InChI=1S/C12H17ClN2O/c13-12-8-15-5-2-11(12)7-14-4-1-10-3-6-16-9-10/h2,5,8,10,14H,1,3-4,6-7,9H2. The second-order valence-electron chi connectivity index (χ2n) is 4.16. The third-order valence-corrected chi connectivity index (χ3v) is 3.27. The van der Waals surface area contributed by atoms with Crippen LogP contribution < -0.4 is 5.32 Å². The van der Waals surface area contributed by atoms with Crippen molar-refractivity contribution in [2.45, 2.75) is 19.4 Å². The van der Waals surface area contributed by atoms with Gasteiger partial charge in [-0.15, -0.1) is 0 Å². The van der Waals surface area contributed by atoms with Gasteiger partial charge in [-0.25, -0.2) is 0 Å². The van der Waals surface area contributed by atoms with E-state index in [-0.39, 0.29) is 0 Å². The first kappa shape index (κ1) is 11.8. The highest BCUT2D eigenvalue weighted by Crippen LogP contribution is 2.16. The summed E-state index contributed by atoms with van der Waals surface area (Å²) in [5, 5.41) is 4.14. The van der Waals surface area contributed by atoms with Gasteiger partial charge in [-0.05, 0) is 36.9 Å². The van der Waals surface area contributed by atoms with Crippen LogP contribution in [0, 0.1) is 5.92 Å². The minimum absolute atomic E-state index is 0.735. The van der Waals surface area contributed by atoms with Crippen molar-refractivity contribution >= 4 is 11.6 Å². The number of hydrogen-bond donors (Lipinski definition) is 1. The lowest BCUT2D eigenvalue weighted by Gasteiger charge is -2.09. The normalized spacial score (nSPS) is 20.2. The molecule has 0 aromatic carbocycles. The maximum Gasteiger partial charge on any atom is 0.0634 e. The van der Waals surface area contributed by atoms with Gasteiger partial charge in [-0.1, -0.05) is 11.6 Å². The average Bonchev–Trinajstić information content (AvgIpc) is 2.79. The number of hydrogen-bond acceptors (Lipinski definition) is 3. The Morgan fingerprint density at radius 1 is 1.56 bits per heavy atom. The summed E-state index contributed by atoms with van der Waals surface area (Å²) in [6.45, 7) is 3.69. The largest absolute Gasteiger partial charge is 0.381 e. The lowest BCUT2D eigenvalue weighted by molar-refractivity contribution is 0.184. The summed E-state index contributed by atoms with van der Waals surface area (Å²) in [6, 6.07) is 1.95. The molecular weight excluding hydrogens is 224 g/mol. The van der Waals surface area contributed by atoms with Crippen LogP contribution in [0.25, 0.3) is 0 Å². The molecule has 0 aliphatic carbocycles. The van der Waals surface area contributed by atoms with E-state index in [0.29, 0.717) is 0 Å². The van der Waals surface area contributed by atoms with Gasteiger partial charge in [-0.2, -0.15) is 0 Å². The Labute approximate surface area is 101 Å². The summed E-state index contributed by atoms with van der Waals surface area (Å²) in [5.74, 6) is 0.736. The highest BCUT2D eigenvalue weighted by Gasteiger charge is 2.14. The van der Waals surface area contributed by atoms with Gasteiger partial charge in [0, 0.05) is 32.2 Å². The van der Waals surface area contributed by atoms with Crippen molar-refractivity contribution in [3.8, 4) is 0 Å². The third kappa shape index (κ3) is 3.44. The highest BCUT2D eigenvalue weighted by atomic mass is 35.5. The van der Waals surface area contributed by atoms with Gasteiger partial charge in [0.15, 0.2) is 0 Å². The van der Waals surface area contributed by atoms with Crippen LogP contribution >= 0.6 is 11.6 Å².